The summed E-state index contributed by atoms with van der Waals surface area (Å²) in [6.45, 7) is 4.84. The molecule has 0 amide bonds. The average Bonchev–Trinajstić information content (AvgIpc) is 2.90. The normalized spacial score (nSPS) is 42.9. The highest BCUT2D eigenvalue weighted by molar-refractivity contribution is 5.89. The van der Waals surface area contributed by atoms with Crippen molar-refractivity contribution in [3.63, 3.8) is 0 Å². The molecule has 3 heteroatoms. The van der Waals surface area contributed by atoms with E-state index in [1.807, 2.05) is 6.07 Å². The fourth-order valence-corrected chi connectivity index (χ4v) is 6.56. The molecule has 5 atom stereocenters. The maximum Gasteiger partial charge on any atom is 0.174 e. The standard InChI is InChI=1S/C20H24O3/c1-11-6-9-20-16-12-4-5-15(22-3)17(16)23-18(20)14(21)7-8-19(20,2)13(11)10-12/h4-5,11,13,18H,6-10H2,1-3H3. The van der Waals surface area contributed by atoms with E-state index >= 15 is 0 Å². The fourth-order valence-electron chi connectivity index (χ4n) is 6.56. The molecule has 1 aliphatic heterocycles. The molecular formula is C20H24O3. The molecule has 1 aromatic rings. The Bertz CT molecular complexity index is 724. The van der Waals surface area contributed by atoms with Crippen molar-refractivity contribution in [3.8, 4) is 11.5 Å². The molecule has 5 rings (SSSR count). The maximum absolute atomic E-state index is 12.8. The van der Waals surface area contributed by atoms with Crippen LogP contribution in [0.4, 0.5) is 0 Å². The maximum atomic E-state index is 12.8. The summed E-state index contributed by atoms with van der Waals surface area (Å²) in [7, 11) is 1.69. The van der Waals surface area contributed by atoms with Gasteiger partial charge >= 0.3 is 0 Å². The molecule has 1 spiro atoms. The second-order valence-electron chi connectivity index (χ2n) is 8.31. The minimum atomic E-state index is -0.290. The molecule has 4 aliphatic rings. The second-order valence-corrected chi connectivity index (χ2v) is 8.31. The third kappa shape index (κ3) is 1.33. The number of rotatable bonds is 1. The van der Waals surface area contributed by atoms with Crippen LogP contribution in [0.1, 0.15) is 50.7 Å². The summed E-state index contributed by atoms with van der Waals surface area (Å²) in [5, 5.41) is 0. The van der Waals surface area contributed by atoms with E-state index in [1.54, 1.807) is 7.11 Å². The van der Waals surface area contributed by atoms with Crippen molar-refractivity contribution in [1.29, 1.82) is 0 Å². The highest BCUT2D eigenvalue weighted by Gasteiger charge is 2.70. The Morgan fingerprint density at radius 1 is 1.30 bits per heavy atom. The van der Waals surface area contributed by atoms with E-state index in [-0.39, 0.29) is 16.9 Å². The number of carbonyl (C=O) groups excluding carboxylic acids is 1. The van der Waals surface area contributed by atoms with E-state index in [4.69, 9.17) is 9.47 Å². The number of carbonyl (C=O) groups is 1. The molecule has 3 nitrogen and oxygen atoms in total. The van der Waals surface area contributed by atoms with Crippen molar-refractivity contribution < 1.29 is 14.3 Å². The summed E-state index contributed by atoms with van der Waals surface area (Å²) in [5.74, 6) is 3.33. The van der Waals surface area contributed by atoms with Crippen LogP contribution in [0.15, 0.2) is 12.1 Å². The lowest BCUT2D eigenvalue weighted by Gasteiger charge is -2.63. The first-order valence-electron chi connectivity index (χ1n) is 8.92. The van der Waals surface area contributed by atoms with Gasteiger partial charge < -0.3 is 9.47 Å². The zero-order valence-corrected chi connectivity index (χ0v) is 14.1. The molecular weight excluding hydrogens is 288 g/mol. The van der Waals surface area contributed by atoms with Crippen molar-refractivity contribution in [1.82, 2.24) is 0 Å². The number of methoxy groups -OCH3 is 1. The van der Waals surface area contributed by atoms with Crippen LogP contribution >= 0.6 is 0 Å². The minimum Gasteiger partial charge on any atom is -0.493 e. The molecule has 23 heavy (non-hydrogen) atoms. The van der Waals surface area contributed by atoms with Gasteiger partial charge in [-0.15, -0.1) is 0 Å². The van der Waals surface area contributed by atoms with Crippen LogP contribution in [0.2, 0.25) is 0 Å². The van der Waals surface area contributed by atoms with Crippen molar-refractivity contribution in [3.05, 3.63) is 23.3 Å². The van der Waals surface area contributed by atoms with Gasteiger partial charge in [0.2, 0.25) is 0 Å². The minimum absolute atomic E-state index is 0.114. The van der Waals surface area contributed by atoms with Gasteiger partial charge in [0.25, 0.3) is 0 Å². The Morgan fingerprint density at radius 2 is 2.13 bits per heavy atom. The molecule has 3 aliphatic carbocycles. The summed E-state index contributed by atoms with van der Waals surface area (Å²) in [4.78, 5) is 12.8. The number of Topliss-reactive ketones (excluding diaryl/α,β-unsaturated/α-hetero) is 1. The number of ether oxygens (including phenoxy) is 2. The molecule has 1 heterocycles. The van der Waals surface area contributed by atoms with Crippen molar-refractivity contribution in [2.75, 3.05) is 7.11 Å². The Balaban J connectivity index is 1.86. The zero-order valence-electron chi connectivity index (χ0n) is 14.1. The predicted molar refractivity (Wildman–Crippen MR) is 87.0 cm³/mol. The van der Waals surface area contributed by atoms with Gasteiger partial charge in [-0.05, 0) is 54.6 Å². The second kappa shape index (κ2) is 4.12. The van der Waals surface area contributed by atoms with E-state index in [0.717, 1.165) is 36.7 Å². The van der Waals surface area contributed by atoms with Crippen molar-refractivity contribution in [2.24, 2.45) is 17.3 Å². The SMILES string of the molecule is COc1ccc2c3c1OC1C(=O)CCC4(C)C(C2)C(C)CCC314. The zero-order chi connectivity index (χ0) is 16.0. The van der Waals surface area contributed by atoms with Crippen LogP contribution in [0, 0.1) is 17.3 Å². The molecule has 5 unspecified atom stereocenters. The number of benzene rings is 1. The van der Waals surface area contributed by atoms with Gasteiger partial charge in [-0.3, -0.25) is 4.79 Å². The van der Waals surface area contributed by atoms with Crippen molar-refractivity contribution >= 4 is 5.78 Å². The van der Waals surface area contributed by atoms with Crippen LogP contribution in [0.25, 0.3) is 0 Å². The third-order valence-electron chi connectivity index (χ3n) is 7.70. The summed E-state index contributed by atoms with van der Waals surface area (Å²) < 4.78 is 11.9. The number of ketones is 1. The van der Waals surface area contributed by atoms with E-state index in [0.29, 0.717) is 18.1 Å². The highest BCUT2D eigenvalue weighted by atomic mass is 16.5. The highest BCUT2D eigenvalue weighted by Crippen LogP contribution is 2.71. The van der Waals surface area contributed by atoms with E-state index in [9.17, 15) is 4.79 Å². The number of hydrogen-bond donors (Lipinski definition) is 0. The lowest BCUT2D eigenvalue weighted by molar-refractivity contribution is -0.150. The molecule has 2 fully saturated rings. The van der Waals surface area contributed by atoms with Crippen LogP contribution in [0.3, 0.4) is 0 Å². The summed E-state index contributed by atoms with van der Waals surface area (Å²) in [5.41, 5.74) is 2.78. The molecule has 122 valence electrons. The fraction of sp³-hybridized carbons (Fsp3) is 0.650. The first-order chi connectivity index (χ1) is 11.0. The molecule has 2 saturated carbocycles. The first-order valence-corrected chi connectivity index (χ1v) is 8.92. The molecule has 0 saturated heterocycles. The van der Waals surface area contributed by atoms with E-state index in [1.165, 1.54) is 17.5 Å². The van der Waals surface area contributed by atoms with E-state index < -0.39 is 0 Å². The van der Waals surface area contributed by atoms with Gasteiger partial charge in [0.15, 0.2) is 23.4 Å². The van der Waals surface area contributed by atoms with Crippen molar-refractivity contribution in [2.45, 2.75) is 57.5 Å². The van der Waals surface area contributed by atoms with Gasteiger partial charge in [0, 0.05) is 17.4 Å². The molecule has 0 radical (unpaired) electrons. The Morgan fingerprint density at radius 3 is 2.91 bits per heavy atom. The predicted octanol–water partition coefficient (Wildman–Crippen LogP) is 3.67. The molecule has 0 N–H and O–H groups in total. The monoisotopic (exact) mass is 312 g/mol. The Labute approximate surface area is 137 Å². The van der Waals surface area contributed by atoms with Gasteiger partial charge in [-0.25, -0.2) is 0 Å². The van der Waals surface area contributed by atoms with Crippen LogP contribution < -0.4 is 9.47 Å². The molecule has 1 aromatic carbocycles. The van der Waals surface area contributed by atoms with Crippen LogP contribution in [0.5, 0.6) is 11.5 Å². The largest absolute Gasteiger partial charge is 0.493 e. The molecule has 2 bridgehead atoms. The third-order valence-corrected chi connectivity index (χ3v) is 7.70. The van der Waals surface area contributed by atoms with Gasteiger partial charge in [0.05, 0.1) is 7.11 Å². The summed E-state index contributed by atoms with van der Waals surface area (Å²) in [6.07, 6.45) is 4.78. The van der Waals surface area contributed by atoms with Gasteiger partial charge in [0.1, 0.15) is 0 Å². The smallest absolute Gasteiger partial charge is 0.174 e. The first kappa shape index (κ1) is 13.9. The summed E-state index contributed by atoms with van der Waals surface area (Å²) >= 11 is 0. The van der Waals surface area contributed by atoms with E-state index in [2.05, 4.69) is 19.9 Å². The Hall–Kier alpha value is -1.51. The lowest BCUT2D eigenvalue weighted by Crippen LogP contribution is -2.65. The summed E-state index contributed by atoms with van der Waals surface area (Å²) in [6, 6.07) is 4.24. The number of hydrogen-bond acceptors (Lipinski definition) is 3. The van der Waals surface area contributed by atoms with Gasteiger partial charge in [-0.1, -0.05) is 19.9 Å². The lowest BCUT2D eigenvalue weighted by atomic mass is 9.39. The van der Waals surface area contributed by atoms with Crippen LogP contribution in [-0.4, -0.2) is 19.0 Å². The van der Waals surface area contributed by atoms with Crippen LogP contribution in [-0.2, 0) is 16.6 Å². The quantitative estimate of drug-likeness (QED) is 0.794. The topological polar surface area (TPSA) is 35.5 Å². The average molecular weight is 312 g/mol. The molecule has 0 aromatic heterocycles. The van der Waals surface area contributed by atoms with Gasteiger partial charge in [-0.2, -0.15) is 0 Å². The Kier molecular flexibility index (Phi) is 2.48.